The molecule has 0 amide bonds. The Morgan fingerprint density at radius 3 is 2.35 bits per heavy atom. The zero-order valence-corrected chi connectivity index (χ0v) is 13.1. The molecule has 2 nitrogen and oxygen atoms in total. The topological polar surface area (TPSA) is 24.9 Å². The fraction of sp³-hybridized carbons (Fsp3) is 0.769. The van der Waals surface area contributed by atoms with E-state index < -0.39 is 0 Å². The van der Waals surface area contributed by atoms with Gasteiger partial charge in [-0.25, -0.2) is 4.98 Å². The first-order valence-electron chi connectivity index (χ1n) is 6.22. The lowest BCUT2D eigenvalue weighted by Gasteiger charge is -2.20. The van der Waals surface area contributed by atoms with Crippen LogP contribution in [0.4, 0.5) is 0 Å². The summed E-state index contributed by atoms with van der Waals surface area (Å²) in [7, 11) is 0. The number of nitrogens with zero attached hydrogens (tertiary/aromatic N) is 1. The van der Waals surface area contributed by atoms with E-state index in [1.165, 1.54) is 17.1 Å². The molecule has 0 spiro atoms. The predicted molar refractivity (Wildman–Crippen MR) is 79.2 cm³/mol. The molecule has 1 atom stereocenters. The lowest BCUT2D eigenvalue weighted by Crippen LogP contribution is -2.32. The first-order chi connectivity index (χ1) is 7.54. The number of thiazole rings is 1. The zero-order valence-electron chi connectivity index (χ0n) is 11.5. The highest BCUT2D eigenvalue weighted by molar-refractivity contribution is 7.09. The number of rotatable bonds is 6. The Kier molecular flexibility index (Phi) is 8.01. The van der Waals surface area contributed by atoms with Crippen molar-refractivity contribution in [1.82, 2.24) is 10.3 Å². The van der Waals surface area contributed by atoms with E-state index in [2.05, 4.69) is 50.3 Å². The Bertz CT molecular complexity index is 310. The van der Waals surface area contributed by atoms with Crippen molar-refractivity contribution in [3.8, 4) is 0 Å². The maximum Gasteiger partial charge on any atom is 0.0954 e. The lowest BCUT2D eigenvalue weighted by molar-refractivity contribution is 0.386. The minimum atomic E-state index is 0. The van der Waals surface area contributed by atoms with E-state index in [4.69, 9.17) is 0 Å². The molecule has 1 aromatic heterocycles. The fourth-order valence-corrected chi connectivity index (χ4v) is 2.59. The molecule has 1 rings (SSSR count). The molecule has 0 aliphatic heterocycles. The highest BCUT2D eigenvalue weighted by Gasteiger charge is 2.11. The van der Waals surface area contributed by atoms with Gasteiger partial charge in [-0.2, -0.15) is 0 Å². The van der Waals surface area contributed by atoms with Crippen LogP contribution in [-0.4, -0.2) is 11.0 Å². The Hall–Kier alpha value is -0.120. The van der Waals surface area contributed by atoms with Gasteiger partial charge in [0.2, 0.25) is 0 Å². The molecule has 0 aromatic carbocycles. The molecule has 1 N–H and O–H groups in total. The Balaban J connectivity index is 0.00000256. The van der Waals surface area contributed by atoms with Gasteiger partial charge in [0.25, 0.3) is 0 Å². The van der Waals surface area contributed by atoms with Gasteiger partial charge in [-0.05, 0) is 12.3 Å². The van der Waals surface area contributed by atoms with Crippen molar-refractivity contribution in [3.05, 3.63) is 16.1 Å². The van der Waals surface area contributed by atoms with Crippen molar-refractivity contribution >= 4 is 23.7 Å². The van der Waals surface area contributed by atoms with E-state index in [9.17, 15) is 0 Å². The van der Waals surface area contributed by atoms with Crippen molar-refractivity contribution in [1.29, 1.82) is 0 Å². The van der Waals surface area contributed by atoms with Crippen LogP contribution in [0.5, 0.6) is 0 Å². The fourth-order valence-electron chi connectivity index (χ4n) is 1.76. The first-order valence-corrected chi connectivity index (χ1v) is 7.10. The minimum absolute atomic E-state index is 0. The second-order valence-electron chi connectivity index (χ2n) is 4.97. The predicted octanol–water partition coefficient (Wildman–Crippen LogP) is 4.21. The second-order valence-corrected chi connectivity index (χ2v) is 5.86. The van der Waals surface area contributed by atoms with Crippen molar-refractivity contribution < 1.29 is 0 Å². The van der Waals surface area contributed by atoms with Crippen LogP contribution in [0.3, 0.4) is 0 Å². The van der Waals surface area contributed by atoms with Crippen molar-refractivity contribution in [2.24, 2.45) is 5.92 Å². The minimum Gasteiger partial charge on any atom is -0.308 e. The van der Waals surface area contributed by atoms with Crippen LogP contribution in [0, 0.1) is 5.92 Å². The third kappa shape index (κ3) is 5.36. The van der Waals surface area contributed by atoms with Crippen LogP contribution >= 0.6 is 23.7 Å². The number of halogens is 1. The van der Waals surface area contributed by atoms with Crippen molar-refractivity contribution in [2.75, 3.05) is 0 Å². The van der Waals surface area contributed by atoms with Crippen LogP contribution in [0.25, 0.3) is 0 Å². The molecule has 1 unspecified atom stereocenters. The second kappa shape index (κ2) is 8.06. The summed E-state index contributed by atoms with van der Waals surface area (Å²) >= 11 is 1.77. The Morgan fingerprint density at radius 2 is 1.94 bits per heavy atom. The van der Waals surface area contributed by atoms with Gasteiger partial charge in [0.15, 0.2) is 0 Å². The highest BCUT2D eigenvalue weighted by Crippen LogP contribution is 2.19. The summed E-state index contributed by atoms with van der Waals surface area (Å²) in [5.41, 5.74) is 1.19. The molecule has 0 bridgehead atoms. The molecule has 0 saturated carbocycles. The van der Waals surface area contributed by atoms with Gasteiger partial charge in [0.05, 0.1) is 10.7 Å². The monoisotopic (exact) mass is 276 g/mol. The van der Waals surface area contributed by atoms with Crippen LogP contribution in [-0.2, 0) is 6.54 Å². The van der Waals surface area contributed by atoms with E-state index in [1.807, 2.05) is 0 Å². The van der Waals surface area contributed by atoms with E-state index in [0.717, 1.165) is 6.54 Å². The summed E-state index contributed by atoms with van der Waals surface area (Å²) in [4.78, 5) is 4.63. The van der Waals surface area contributed by atoms with Gasteiger partial charge in [-0.1, -0.05) is 34.6 Å². The average Bonchev–Trinajstić information content (AvgIpc) is 2.67. The van der Waals surface area contributed by atoms with Crippen molar-refractivity contribution in [2.45, 2.75) is 59.5 Å². The molecule has 0 aliphatic carbocycles. The maximum absolute atomic E-state index is 4.63. The van der Waals surface area contributed by atoms with Gasteiger partial charge in [0, 0.05) is 23.9 Å². The zero-order chi connectivity index (χ0) is 12.1. The van der Waals surface area contributed by atoms with Gasteiger partial charge < -0.3 is 5.32 Å². The van der Waals surface area contributed by atoms with Crippen molar-refractivity contribution in [3.63, 3.8) is 0 Å². The Labute approximate surface area is 116 Å². The summed E-state index contributed by atoms with van der Waals surface area (Å²) in [5.74, 6) is 1.24. The SMILES string of the molecule is CCC(NCc1csc(C(C)C)n1)C(C)C.Cl. The summed E-state index contributed by atoms with van der Waals surface area (Å²) in [5, 5.41) is 7.00. The molecule has 1 heterocycles. The standard InChI is InChI=1S/C13H24N2S.ClH/c1-6-12(9(2)3)14-7-11-8-16-13(15-11)10(4)5;/h8-10,12,14H,6-7H2,1-5H3;1H. The first kappa shape index (κ1) is 16.9. The third-order valence-corrected chi connectivity index (χ3v) is 4.05. The van der Waals surface area contributed by atoms with Crippen LogP contribution in [0.15, 0.2) is 5.38 Å². The summed E-state index contributed by atoms with van der Waals surface area (Å²) in [6.45, 7) is 12.1. The van der Waals surface area contributed by atoms with Crippen LogP contribution < -0.4 is 5.32 Å². The number of hydrogen-bond acceptors (Lipinski definition) is 3. The van der Waals surface area contributed by atoms with Gasteiger partial charge >= 0.3 is 0 Å². The molecular formula is C13H25ClN2S. The number of nitrogens with one attached hydrogen (secondary N) is 1. The molecule has 0 radical (unpaired) electrons. The summed E-state index contributed by atoms with van der Waals surface area (Å²) in [6, 6.07) is 0.601. The molecule has 100 valence electrons. The summed E-state index contributed by atoms with van der Waals surface area (Å²) in [6.07, 6.45) is 1.18. The molecular weight excluding hydrogens is 252 g/mol. The maximum atomic E-state index is 4.63. The normalized spacial score (nSPS) is 12.9. The molecule has 0 fully saturated rings. The number of hydrogen-bond donors (Lipinski definition) is 1. The smallest absolute Gasteiger partial charge is 0.0954 e. The van der Waals surface area contributed by atoms with E-state index in [-0.39, 0.29) is 12.4 Å². The largest absolute Gasteiger partial charge is 0.308 e. The number of aromatic nitrogens is 1. The van der Waals surface area contributed by atoms with Gasteiger partial charge in [-0.3, -0.25) is 0 Å². The van der Waals surface area contributed by atoms with E-state index >= 15 is 0 Å². The highest BCUT2D eigenvalue weighted by atomic mass is 35.5. The molecule has 4 heteroatoms. The van der Waals surface area contributed by atoms with Crippen LogP contribution in [0.2, 0.25) is 0 Å². The third-order valence-electron chi connectivity index (χ3n) is 2.85. The van der Waals surface area contributed by atoms with Gasteiger partial charge in [-0.15, -0.1) is 23.7 Å². The summed E-state index contributed by atoms with van der Waals surface area (Å²) < 4.78 is 0. The van der Waals surface area contributed by atoms with Gasteiger partial charge in [0.1, 0.15) is 0 Å². The van der Waals surface area contributed by atoms with E-state index in [1.54, 1.807) is 11.3 Å². The molecule has 0 aliphatic rings. The van der Waals surface area contributed by atoms with E-state index in [0.29, 0.717) is 17.9 Å². The molecule has 0 saturated heterocycles. The quantitative estimate of drug-likeness (QED) is 0.842. The molecule has 17 heavy (non-hydrogen) atoms. The average molecular weight is 277 g/mol. The Morgan fingerprint density at radius 1 is 1.29 bits per heavy atom. The molecule has 1 aromatic rings. The lowest BCUT2D eigenvalue weighted by atomic mass is 10.0. The van der Waals surface area contributed by atoms with Crippen LogP contribution in [0.1, 0.15) is 57.7 Å².